The Bertz CT molecular complexity index is 415. The van der Waals surface area contributed by atoms with Crippen molar-refractivity contribution >= 4 is 10.2 Å². The average Bonchev–Trinajstić information content (AvgIpc) is 2.90. The van der Waals surface area contributed by atoms with Gasteiger partial charge in [-0.3, -0.25) is 0 Å². The van der Waals surface area contributed by atoms with Crippen LogP contribution in [0.3, 0.4) is 0 Å². The molecule has 0 aliphatic carbocycles. The van der Waals surface area contributed by atoms with Crippen LogP contribution in [0.4, 0.5) is 0 Å². The van der Waals surface area contributed by atoms with Crippen molar-refractivity contribution in [1.29, 1.82) is 0 Å². The number of rotatable bonds is 6. The lowest BCUT2D eigenvalue weighted by Gasteiger charge is -2.37. The van der Waals surface area contributed by atoms with Crippen molar-refractivity contribution < 1.29 is 18.3 Å². The van der Waals surface area contributed by atoms with Gasteiger partial charge >= 0.3 is 0 Å². The summed E-state index contributed by atoms with van der Waals surface area (Å²) >= 11 is 0. The van der Waals surface area contributed by atoms with Crippen LogP contribution in [-0.2, 0) is 14.9 Å². The maximum absolute atomic E-state index is 12.8. The van der Waals surface area contributed by atoms with Gasteiger partial charge in [0, 0.05) is 32.2 Å². The molecule has 0 radical (unpaired) electrons. The molecule has 0 amide bonds. The van der Waals surface area contributed by atoms with Gasteiger partial charge in [0.1, 0.15) is 0 Å². The largest absolute Gasteiger partial charge is 0.395 e. The zero-order valence-electron chi connectivity index (χ0n) is 12.9. The number of nitrogens with one attached hydrogen (secondary N) is 1. The number of ether oxygens (including phenoxy) is 1. The summed E-state index contributed by atoms with van der Waals surface area (Å²) in [5.41, 5.74) is 0. The Labute approximate surface area is 127 Å². The molecular formula is C13H27N3O4S. The molecule has 2 saturated heterocycles. The molecule has 2 aliphatic heterocycles. The molecule has 2 rings (SSSR count). The van der Waals surface area contributed by atoms with Crippen LogP contribution in [0.25, 0.3) is 0 Å². The molecule has 0 spiro atoms. The van der Waals surface area contributed by atoms with Gasteiger partial charge in [0.2, 0.25) is 0 Å². The molecule has 7 nitrogen and oxygen atoms in total. The Morgan fingerprint density at radius 1 is 1.33 bits per heavy atom. The van der Waals surface area contributed by atoms with Crippen LogP contribution in [0.5, 0.6) is 0 Å². The Morgan fingerprint density at radius 2 is 2.00 bits per heavy atom. The van der Waals surface area contributed by atoms with Gasteiger partial charge in [0.25, 0.3) is 10.2 Å². The average molecular weight is 321 g/mol. The third kappa shape index (κ3) is 4.37. The van der Waals surface area contributed by atoms with Gasteiger partial charge < -0.3 is 15.2 Å². The highest BCUT2D eigenvalue weighted by Crippen LogP contribution is 2.18. The summed E-state index contributed by atoms with van der Waals surface area (Å²) < 4.78 is 34.1. The van der Waals surface area contributed by atoms with Gasteiger partial charge in [0.15, 0.2) is 0 Å². The molecule has 0 bridgehead atoms. The molecule has 0 aromatic heterocycles. The van der Waals surface area contributed by atoms with Crippen LogP contribution in [0.2, 0.25) is 0 Å². The molecule has 3 atom stereocenters. The maximum Gasteiger partial charge on any atom is 0.282 e. The Hall–Kier alpha value is -0.250. The summed E-state index contributed by atoms with van der Waals surface area (Å²) in [4.78, 5) is 0. The van der Waals surface area contributed by atoms with E-state index in [0.29, 0.717) is 19.6 Å². The fourth-order valence-electron chi connectivity index (χ4n) is 3.05. The molecule has 2 aliphatic rings. The molecule has 2 heterocycles. The highest BCUT2D eigenvalue weighted by Gasteiger charge is 2.36. The van der Waals surface area contributed by atoms with Crippen molar-refractivity contribution in [2.24, 2.45) is 0 Å². The topological polar surface area (TPSA) is 82.1 Å². The smallest absolute Gasteiger partial charge is 0.282 e. The van der Waals surface area contributed by atoms with Crippen LogP contribution in [0, 0.1) is 0 Å². The van der Waals surface area contributed by atoms with Gasteiger partial charge in [-0.1, -0.05) is 0 Å². The maximum atomic E-state index is 12.8. The molecule has 0 aromatic rings. The number of aliphatic hydroxyl groups excluding tert-OH is 1. The molecule has 8 heteroatoms. The van der Waals surface area contributed by atoms with Gasteiger partial charge in [-0.05, 0) is 33.2 Å². The van der Waals surface area contributed by atoms with E-state index >= 15 is 0 Å². The standard InChI is InChI=1S/C13H27N3O4S/c1-11-8-16(9-12(2)20-11)21(18,19)15(6-7-17)10-13-4-3-5-14-13/h11-14,17H,3-10H2,1-2H3. The number of morpholine rings is 1. The molecule has 0 saturated carbocycles. The molecule has 2 fully saturated rings. The van der Waals surface area contributed by atoms with Crippen LogP contribution in [0.15, 0.2) is 0 Å². The summed E-state index contributed by atoms with van der Waals surface area (Å²) in [5, 5.41) is 12.5. The summed E-state index contributed by atoms with van der Waals surface area (Å²) in [6.45, 7) is 5.83. The summed E-state index contributed by atoms with van der Waals surface area (Å²) in [5.74, 6) is 0. The van der Waals surface area contributed by atoms with Gasteiger partial charge in [-0.15, -0.1) is 0 Å². The lowest BCUT2D eigenvalue weighted by Crippen LogP contribution is -2.55. The zero-order valence-corrected chi connectivity index (χ0v) is 13.7. The van der Waals surface area contributed by atoms with E-state index in [9.17, 15) is 13.5 Å². The summed E-state index contributed by atoms with van der Waals surface area (Å²) in [6.07, 6.45) is 1.84. The van der Waals surface area contributed by atoms with Crippen molar-refractivity contribution in [3.63, 3.8) is 0 Å². The fourth-order valence-corrected chi connectivity index (χ4v) is 4.86. The first kappa shape index (κ1) is 17.1. The van der Waals surface area contributed by atoms with Gasteiger partial charge in [-0.25, -0.2) is 0 Å². The van der Waals surface area contributed by atoms with Gasteiger partial charge in [0.05, 0.1) is 18.8 Å². The van der Waals surface area contributed by atoms with Gasteiger partial charge in [-0.2, -0.15) is 17.0 Å². The number of aliphatic hydroxyl groups is 1. The zero-order chi connectivity index (χ0) is 15.5. The molecule has 124 valence electrons. The molecule has 0 aromatic carbocycles. The van der Waals surface area contributed by atoms with Crippen molar-refractivity contribution in [3.05, 3.63) is 0 Å². The van der Waals surface area contributed by atoms with E-state index in [0.717, 1.165) is 19.4 Å². The quantitative estimate of drug-likeness (QED) is 0.682. The predicted octanol–water partition coefficient (Wildman–Crippen LogP) is -0.613. The van der Waals surface area contributed by atoms with Crippen molar-refractivity contribution in [2.75, 3.05) is 39.3 Å². The molecular weight excluding hydrogens is 294 g/mol. The molecule has 21 heavy (non-hydrogen) atoms. The molecule has 3 unspecified atom stereocenters. The first-order chi connectivity index (χ1) is 9.93. The lowest BCUT2D eigenvalue weighted by atomic mass is 10.2. The Morgan fingerprint density at radius 3 is 2.52 bits per heavy atom. The van der Waals surface area contributed by atoms with E-state index in [4.69, 9.17) is 4.74 Å². The minimum atomic E-state index is -3.55. The predicted molar refractivity (Wildman–Crippen MR) is 80.2 cm³/mol. The summed E-state index contributed by atoms with van der Waals surface area (Å²) in [7, 11) is -3.55. The molecule has 2 N–H and O–H groups in total. The monoisotopic (exact) mass is 321 g/mol. The van der Waals surface area contributed by atoms with Crippen LogP contribution in [-0.4, -0.2) is 79.7 Å². The fraction of sp³-hybridized carbons (Fsp3) is 1.00. The van der Waals surface area contributed by atoms with E-state index in [1.54, 1.807) is 0 Å². The second-order valence-electron chi connectivity index (χ2n) is 5.96. The number of hydrogen-bond donors (Lipinski definition) is 2. The Kier molecular flexibility index (Phi) is 5.98. The number of nitrogens with zero attached hydrogens (tertiary/aromatic N) is 2. The van der Waals surface area contributed by atoms with Crippen LogP contribution >= 0.6 is 0 Å². The number of hydrogen-bond acceptors (Lipinski definition) is 5. The lowest BCUT2D eigenvalue weighted by molar-refractivity contribution is -0.0455. The third-order valence-electron chi connectivity index (χ3n) is 3.97. The third-order valence-corrected chi connectivity index (χ3v) is 5.91. The van der Waals surface area contributed by atoms with Crippen LogP contribution < -0.4 is 5.32 Å². The van der Waals surface area contributed by atoms with Crippen molar-refractivity contribution in [2.45, 2.75) is 44.9 Å². The van der Waals surface area contributed by atoms with Crippen LogP contribution in [0.1, 0.15) is 26.7 Å². The first-order valence-corrected chi connectivity index (χ1v) is 9.08. The minimum absolute atomic E-state index is 0.107. The van der Waals surface area contributed by atoms with Crippen molar-refractivity contribution in [3.8, 4) is 0 Å². The highest BCUT2D eigenvalue weighted by molar-refractivity contribution is 7.86. The SMILES string of the molecule is CC1CN(S(=O)(=O)N(CCO)CC2CCCN2)CC(C)O1. The van der Waals surface area contributed by atoms with E-state index in [1.165, 1.54) is 8.61 Å². The van der Waals surface area contributed by atoms with E-state index < -0.39 is 10.2 Å². The second kappa shape index (κ2) is 7.34. The second-order valence-corrected chi connectivity index (χ2v) is 7.89. The first-order valence-electron chi connectivity index (χ1n) is 7.68. The van der Waals surface area contributed by atoms with E-state index in [-0.39, 0.29) is 31.4 Å². The highest BCUT2D eigenvalue weighted by atomic mass is 32.2. The van der Waals surface area contributed by atoms with E-state index in [2.05, 4.69) is 5.32 Å². The summed E-state index contributed by atoms with van der Waals surface area (Å²) in [6, 6.07) is 0.183. The normalized spacial score (nSPS) is 31.9. The Balaban J connectivity index is 2.08. The minimum Gasteiger partial charge on any atom is -0.395 e. The van der Waals surface area contributed by atoms with E-state index in [1.807, 2.05) is 13.8 Å². The van der Waals surface area contributed by atoms with Crippen molar-refractivity contribution in [1.82, 2.24) is 13.9 Å².